The molecule has 0 aromatic rings. The highest BCUT2D eigenvalue weighted by Crippen LogP contribution is 1.83. The molecule has 0 atom stereocenters. The van der Waals surface area contributed by atoms with E-state index < -0.39 is 6.09 Å². The van der Waals surface area contributed by atoms with Crippen molar-refractivity contribution in [3.63, 3.8) is 0 Å². The second-order valence-corrected chi connectivity index (χ2v) is 1.55. The van der Waals surface area contributed by atoms with Gasteiger partial charge in [-0.15, -0.1) is 0 Å². The van der Waals surface area contributed by atoms with Crippen LogP contribution >= 0.6 is 0 Å². The molecule has 0 aromatic carbocycles. The summed E-state index contributed by atoms with van der Waals surface area (Å²) in [6.07, 6.45) is 1.01. The van der Waals surface area contributed by atoms with Crippen molar-refractivity contribution in [3.05, 3.63) is 12.3 Å². The summed E-state index contributed by atoms with van der Waals surface area (Å²) in [4.78, 5) is 13.8. The third-order valence-electron chi connectivity index (χ3n) is 0.733. The van der Waals surface area contributed by atoms with Crippen LogP contribution in [0.1, 0.15) is 6.92 Å². The van der Waals surface area contributed by atoms with E-state index in [2.05, 4.69) is 9.73 Å². The summed E-state index contributed by atoms with van der Waals surface area (Å²) in [5.41, 5.74) is 5.12. The van der Waals surface area contributed by atoms with E-state index in [0.717, 1.165) is 6.08 Å². The van der Waals surface area contributed by atoms with Gasteiger partial charge >= 0.3 is 6.09 Å². The van der Waals surface area contributed by atoms with E-state index >= 15 is 0 Å². The predicted molar refractivity (Wildman–Crippen MR) is 40.4 cm³/mol. The molecule has 0 aromatic heterocycles. The summed E-state index contributed by atoms with van der Waals surface area (Å²) in [7, 11) is 0. The van der Waals surface area contributed by atoms with E-state index in [1.807, 2.05) is 0 Å². The molecule has 0 aliphatic carbocycles. The first-order chi connectivity index (χ1) is 5.20. The molecule has 3 N–H and O–H groups in total. The van der Waals surface area contributed by atoms with Crippen LogP contribution in [0.3, 0.4) is 0 Å². The number of hydrogen-bond donors (Lipinski definition) is 2. The first kappa shape index (κ1) is 9.48. The highest BCUT2D eigenvalue weighted by molar-refractivity contribution is 5.97. The van der Waals surface area contributed by atoms with Gasteiger partial charge in [-0.3, -0.25) is 0 Å². The molecule has 11 heavy (non-hydrogen) atoms. The maximum Gasteiger partial charge on any atom is 0.435 e. The Hall–Kier alpha value is -1.52. The highest BCUT2D eigenvalue weighted by Gasteiger charge is 1.96. The Morgan fingerprint density at radius 1 is 1.82 bits per heavy atom. The number of rotatable bonds is 2. The van der Waals surface area contributed by atoms with Crippen molar-refractivity contribution in [2.75, 3.05) is 6.61 Å². The van der Waals surface area contributed by atoms with Gasteiger partial charge in [0.1, 0.15) is 5.84 Å². The SMILES string of the molecule is CCOC(=O)/N=C(\N)C=CO. The number of aliphatic hydroxyl groups excluding tert-OH is 1. The zero-order chi connectivity index (χ0) is 8.69. The molecule has 0 rings (SSSR count). The smallest absolute Gasteiger partial charge is 0.435 e. The van der Waals surface area contributed by atoms with Gasteiger partial charge in [0, 0.05) is 6.08 Å². The number of hydrogen-bond acceptors (Lipinski definition) is 3. The van der Waals surface area contributed by atoms with Crippen LogP contribution in [-0.4, -0.2) is 23.6 Å². The van der Waals surface area contributed by atoms with Crippen molar-refractivity contribution < 1.29 is 14.6 Å². The van der Waals surface area contributed by atoms with Crippen molar-refractivity contribution in [2.45, 2.75) is 6.92 Å². The van der Waals surface area contributed by atoms with Gasteiger partial charge in [-0.2, -0.15) is 4.99 Å². The molecule has 0 heterocycles. The first-order valence-corrected chi connectivity index (χ1v) is 3.02. The number of aliphatic imine (C=N–C) groups is 1. The molecule has 5 heteroatoms. The van der Waals surface area contributed by atoms with Gasteiger partial charge in [-0.25, -0.2) is 4.79 Å². The molecule has 0 unspecified atom stereocenters. The van der Waals surface area contributed by atoms with E-state index in [4.69, 9.17) is 10.8 Å². The molecule has 0 saturated carbocycles. The van der Waals surface area contributed by atoms with Crippen molar-refractivity contribution in [1.29, 1.82) is 0 Å². The quantitative estimate of drug-likeness (QED) is 0.349. The molecule has 1 amide bonds. The van der Waals surface area contributed by atoms with Gasteiger partial charge in [0.15, 0.2) is 0 Å². The van der Waals surface area contributed by atoms with E-state index in [1.54, 1.807) is 6.92 Å². The first-order valence-electron chi connectivity index (χ1n) is 3.02. The standard InChI is InChI=1S/C6H10N2O3/c1-2-11-6(10)8-5(7)3-4-9/h3-4,9H,2H2,1H3,(H2,7,8,10). The van der Waals surface area contributed by atoms with E-state index in [1.165, 1.54) is 0 Å². The summed E-state index contributed by atoms with van der Waals surface area (Å²) in [5.74, 6) is -0.0917. The van der Waals surface area contributed by atoms with Crippen LogP contribution in [0.5, 0.6) is 0 Å². The van der Waals surface area contributed by atoms with E-state index in [-0.39, 0.29) is 12.4 Å². The van der Waals surface area contributed by atoms with E-state index in [9.17, 15) is 4.79 Å². The summed E-state index contributed by atoms with van der Waals surface area (Å²) in [6.45, 7) is 1.91. The Bertz CT molecular complexity index is 186. The van der Waals surface area contributed by atoms with Gasteiger partial charge < -0.3 is 15.6 Å². The number of carbonyl (C=O) groups is 1. The lowest BCUT2D eigenvalue weighted by Crippen LogP contribution is -2.11. The second kappa shape index (κ2) is 5.28. The van der Waals surface area contributed by atoms with Crippen LogP contribution in [0.15, 0.2) is 17.3 Å². The molecule has 0 radical (unpaired) electrons. The third-order valence-corrected chi connectivity index (χ3v) is 0.733. The average molecular weight is 158 g/mol. The molecule has 0 fully saturated rings. The van der Waals surface area contributed by atoms with Crippen LogP contribution in [0.25, 0.3) is 0 Å². The number of carbonyl (C=O) groups excluding carboxylic acids is 1. The van der Waals surface area contributed by atoms with Gasteiger partial charge in [0.2, 0.25) is 0 Å². The van der Waals surface area contributed by atoms with Crippen LogP contribution in [0.2, 0.25) is 0 Å². The number of amidine groups is 1. The fourth-order valence-corrected chi connectivity index (χ4v) is 0.375. The summed E-state index contributed by atoms with van der Waals surface area (Å²) in [5, 5.41) is 8.19. The fraction of sp³-hybridized carbons (Fsp3) is 0.333. The van der Waals surface area contributed by atoms with Gasteiger partial charge in [-0.05, 0) is 6.92 Å². The van der Waals surface area contributed by atoms with Crippen LogP contribution < -0.4 is 5.73 Å². The topological polar surface area (TPSA) is 84.9 Å². The Labute approximate surface area is 64.2 Å². The normalized spacial score (nSPS) is 11.9. The Balaban J connectivity index is 3.96. The molecule has 0 bridgehead atoms. The molecule has 5 nitrogen and oxygen atoms in total. The Kier molecular flexibility index (Phi) is 4.55. The van der Waals surface area contributed by atoms with Crippen LogP contribution in [-0.2, 0) is 4.74 Å². The molecule has 62 valence electrons. The van der Waals surface area contributed by atoms with Crippen molar-refractivity contribution in [1.82, 2.24) is 0 Å². The van der Waals surface area contributed by atoms with Gasteiger partial charge in [0.25, 0.3) is 0 Å². The highest BCUT2D eigenvalue weighted by atomic mass is 16.5. The summed E-state index contributed by atoms with van der Waals surface area (Å²) >= 11 is 0. The second-order valence-electron chi connectivity index (χ2n) is 1.55. The lowest BCUT2D eigenvalue weighted by Gasteiger charge is -1.94. The largest absolute Gasteiger partial charge is 0.515 e. The minimum Gasteiger partial charge on any atom is -0.515 e. The minimum atomic E-state index is -0.761. The Morgan fingerprint density at radius 2 is 2.45 bits per heavy atom. The lowest BCUT2D eigenvalue weighted by atomic mass is 10.6. The molecular formula is C6H10N2O3. The maximum atomic E-state index is 10.5. The average Bonchev–Trinajstić information content (AvgIpc) is 1.87. The van der Waals surface area contributed by atoms with E-state index in [0.29, 0.717) is 6.26 Å². The maximum absolute atomic E-state index is 10.5. The van der Waals surface area contributed by atoms with Crippen LogP contribution in [0, 0.1) is 0 Å². The number of amides is 1. The molecular weight excluding hydrogens is 148 g/mol. The monoisotopic (exact) mass is 158 g/mol. The molecule has 0 aliphatic heterocycles. The number of aliphatic hydroxyl groups is 1. The lowest BCUT2D eigenvalue weighted by molar-refractivity contribution is 0.163. The third kappa shape index (κ3) is 4.95. The molecule has 0 saturated heterocycles. The fourth-order valence-electron chi connectivity index (χ4n) is 0.375. The zero-order valence-electron chi connectivity index (χ0n) is 6.15. The number of nitrogens with zero attached hydrogens (tertiary/aromatic N) is 1. The Morgan fingerprint density at radius 3 is 2.91 bits per heavy atom. The van der Waals surface area contributed by atoms with Gasteiger partial charge in [-0.1, -0.05) is 0 Å². The van der Waals surface area contributed by atoms with Gasteiger partial charge in [0.05, 0.1) is 12.9 Å². The minimum absolute atomic E-state index is 0.0917. The summed E-state index contributed by atoms with van der Waals surface area (Å²) in [6, 6.07) is 0. The van der Waals surface area contributed by atoms with Crippen molar-refractivity contribution in [2.24, 2.45) is 10.7 Å². The predicted octanol–water partition coefficient (Wildman–Crippen LogP) is 0.572. The zero-order valence-corrected chi connectivity index (χ0v) is 6.15. The van der Waals surface area contributed by atoms with Crippen molar-refractivity contribution >= 4 is 11.9 Å². The summed E-state index contributed by atoms with van der Waals surface area (Å²) < 4.78 is 4.44. The molecule has 0 aliphatic rings. The molecule has 0 spiro atoms. The van der Waals surface area contributed by atoms with Crippen molar-refractivity contribution in [3.8, 4) is 0 Å². The van der Waals surface area contributed by atoms with Crippen LogP contribution in [0.4, 0.5) is 4.79 Å². The number of ether oxygens (including phenoxy) is 1. The number of nitrogens with two attached hydrogens (primary N) is 1.